The van der Waals surface area contributed by atoms with Gasteiger partial charge in [-0.1, -0.05) is 0 Å². The number of benzene rings is 1. The van der Waals surface area contributed by atoms with E-state index in [-0.39, 0.29) is 12.2 Å². The van der Waals surface area contributed by atoms with E-state index in [2.05, 4.69) is 4.74 Å². The van der Waals surface area contributed by atoms with Crippen LogP contribution in [-0.4, -0.2) is 12.0 Å². The molecule has 0 spiro atoms. The second-order valence-corrected chi connectivity index (χ2v) is 2.59. The van der Waals surface area contributed by atoms with E-state index in [4.69, 9.17) is 0 Å². The Balaban J connectivity index is 3.28. The molecule has 0 unspecified atom stereocenters. The van der Waals surface area contributed by atoms with Crippen LogP contribution in [0.4, 0.5) is 14.5 Å². The number of hydrogen-bond acceptors (Lipinski definition) is 3. The quantitative estimate of drug-likeness (QED) is 0.557. The van der Waals surface area contributed by atoms with Gasteiger partial charge in [0, 0.05) is 13.2 Å². The summed E-state index contributed by atoms with van der Waals surface area (Å²) in [6.07, 6.45) is 0. The first kappa shape index (κ1) is 10.5. The number of ether oxygens (including phenoxy) is 1. The summed E-state index contributed by atoms with van der Waals surface area (Å²) in [6, 6.07) is 1.35. The van der Waals surface area contributed by atoms with Gasteiger partial charge in [0.25, 0.3) is 0 Å². The van der Waals surface area contributed by atoms with E-state index >= 15 is 0 Å². The highest BCUT2D eigenvalue weighted by Crippen LogP contribution is 2.24. The average Bonchev–Trinajstić information content (AvgIpc) is 2.01. The van der Waals surface area contributed by atoms with Crippen LogP contribution in [-0.2, 0) is 11.3 Å². The molecule has 0 aliphatic rings. The highest BCUT2D eigenvalue weighted by molar-refractivity contribution is 5.41. The number of rotatable bonds is 3. The molecule has 0 saturated carbocycles. The summed E-state index contributed by atoms with van der Waals surface area (Å²) in [5.41, 5.74) is -0.858. The SMILES string of the molecule is COCc1cc(F)cc(F)c1[N+](=O)[O-]. The Morgan fingerprint density at radius 2 is 2.14 bits per heavy atom. The topological polar surface area (TPSA) is 52.4 Å². The zero-order chi connectivity index (χ0) is 10.7. The average molecular weight is 203 g/mol. The van der Waals surface area contributed by atoms with Gasteiger partial charge in [-0.2, -0.15) is 4.39 Å². The summed E-state index contributed by atoms with van der Waals surface area (Å²) >= 11 is 0. The van der Waals surface area contributed by atoms with Crippen molar-refractivity contribution >= 4 is 5.69 Å². The predicted octanol–water partition coefficient (Wildman–Crippen LogP) is 2.02. The molecule has 0 aromatic heterocycles. The van der Waals surface area contributed by atoms with E-state index in [1.165, 1.54) is 7.11 Å². The second-order valence-electron chi connectivity index (χ2n) is 2.59. The van der Waals surface area contributed by atoms with E-state index in [1.807, 2.05) is 0 Å². The minimum atomic E-state index is -1.19. The Kier molecular flexibility index (Phi) is 3.08. The number of nitrogens with zero attached hydrogens (tertiary/aromatic N) is 1. The van der Waals surface area contributed by atoms with Gasteiger partial charge in [0.2, 0.25) is 5.82 Å². The maximum Gasteiger partial charge on any atom is 0.310 e. The Morgan fingerprint density at radius 3 is 2.64 bits per heavy atom. The second kappa shape index (κ2) is 4.10. The zero-order valence-corrected chi connectivity index (χ0v) is 7.29. The molecule has 1 rings (SSSR count). The van der Waals surface area contributed by atoms with Gasteiger partial charge in [0.1, 0.15) is 5.82 Å². The lowest BCUT2D eigenvalue weighted by Gasteiger charge is -2.02. The molecular formula is C8H7F2NO3. The van der Waals surface area contributed by atoms with Crippen LogP contribution in [0, 0.1) is 21.7 Å². The number of methoxy groups -OCH3 is 1. The molecule has 6 heteroatoms. The normalized spacial score (nSPS) is 10.2. The van der Waals surface area contributed by atoms with Crippen LogP contribution < -0.4 is 0 Å². The van der Waals surface area contributed by atoms with Crippen LogP contribution in [0.15, 0.2) is 12.1 Å². The lowest BCUT2D eigenvalue weighted by Crippen LogP contribution is -2.01. The monoisotopic (exact) mass is 203 g/mol. The van der Waals surface area contributed by atoms with Crippen LogP contribution in [0.3, 0.4) is 0 Å². The fourth-order valence-corrected chi connectivity index (χ4v) is 1.09. The third kappa shape index (κ3) is 2.02. The van der Waals surface area contributed by atoms with Crippen molar-refractivity contribution in [2.24, 2.45) is 0 Å². The van der Waals surface area contributed by atoms with Gasteiger partial charge >= 0.3 is 5.69 Å². The highest BCUT2D eigenvalue weighted by Gasteiger charge is 2.21. The smallest absolute Gasteiger partial charge is 0.310 e. The first-order valence-corrected chi connectivity index (χ1v) is 3.67. The van der Waals surface area contributed by atoms with Gasteiger partial charge in [-0.15, -0.1) is 0 Å². The molecule has 0 aliphatic carbocycles. The van der Waals surface area contributed by atoms with Crippen LogP contribution in [0.1, 0.15) is 5.56 Å². The Bertz CT molecular complexity index is 368. The number of halogens is 2. The number of nitro benzene ring substituents is 1. The number of nitro groups is 1. The summed E-state index contributed by atoms with van der Waals surface area (Å²) in [4.78, 5) is 9.52. The molecule has 0 N–H and O–H groups in total. The molecule has 0 radical (unpaired) electrons. The van der Waals surface area contributed by atoms with Gasteiger partial charge in [0.15, 0.2) is 0 Å². The van der Waals surface area contributed by atoms with Crippen molar-refractivity contribution in [1.82, 2.24) is 0 Å². The minimum absolute atomic E-state index is 0.116. The van der Waals surface area contributed by atoms with E-state index < -0.39 is 22.2 Å². The molecule has 0 bridgehead atoms. The lowest BCUT2D eigenvalue weighted by molar-refractivity contribution is -0.388. The van der Waals surface area contributed by atoms with Crippen LogP contribution in [0.25, 0.3) is 0 Å². The molecule has 0 aliphatic heterocycles. The van der Waals surface area contributed by atoms with Crippen LogP contribution in [0.2, 0.25) is 0 Å². The summed E-state index contributed by atoms with van der Waals surface area (Å²) in [6.45, 7) is -0.203. The lowest BCUT2D eigenvalue weighted by atomic mass is 10.2. The molecular weight excluding hydrogens is 196 g/mol. The van der Waals surface area contributed by atoms with E-state index in [9.17, 15) is 18.9 Å². The summed E-state index contributed by atoms with van der Waals surface area (Å²) < 4.78 is 30.2. The van der Waals surface area contributed by atoms with Gasteiger partial charge in [0.05, 0.1) is 17.1 Å². The van der Waals surface area contributed by atoms with E-state index in [1.54, 1.807) is 0 Å². The third-order valence-corrected chi connectivity index (χ3v) is 1.59. The Labute approximate surface area is 78.3 Å². The highest BCUT2D eigenvalue weighted by atomic mass is 19.1. The minimum Gasteiger partial charge on any atom is -0.380 e. The van der Waals surface area contributed by atoms with E-state index in [0.717, 1.165) is 6.07 Å². The Morgan fingerprint density at radius 1 is 1.50 bits per heavy atom. The van der Waals surface area contributed by atoms with Gasteiger partial charge in [-0.05, 0) is 6.07 Å². The molecule has 1 aromatic rings. The van der Waals surface area contributed by atoms with Gasteiger partial charge in [-0.25, -0.2) is 4.39 Å². The Hall–Kier alpha value is -1.56. The molecule has 0 heterocycles. The van der Waals surface area contributed by atoms with Crippen molar-refractivity contribution in [1.29, 1.82) is 0 Å². The largest absolute Gasteiger partial charge is 0.380 e. The third-order valence-electron chi connectivity index (χ3n) is 1.59. The molecule has 76 valence electrons. The zero-order valence-electron chi connectivity index (χ0n) is 7.29. The number of hydrogen-bond donors (Lipinski definition) is 0. The van der Waals surface area contributed by atoms with Crippen LogP contribution >= 0.6 is 0 Å². The molecule has 14 heavy (non-hydrogen) atoms. The van der Waals surface area contributed by atoms with Gasteiger partial charge in [-0.3, -0.25) is 10.1 Å². The van der Waals surface area contributed by atoms with Crippen molar-refractivity contribution in [3.8, 4) is 0 Å². The maximum absolute atomic E-state index is 12.9. The van der Waals surface area contributed by atoms with E-state index in [0.29, 0.717) is 6.07 Å². The van der Waals surface area contributed by atoms with Gasteiger partial charge < -0.3 is 4.74 Å². The van der Waals surface area contributed by atoms with Crippen LogP contribution in [0.5, 0.6) is 0 Å². The van der Waals surface area contributed by atoms with Crippen molar-refractivity contribution in [3.05, 3.63) is 39.4 Å². The maximum atomic E-state index is 12.9. The van der Waals surface area contributed by atoms with Crippen molar-refractivity contribution in [2.75, 3.05) is 7.11 Å². The first-order valence-electron chi connectivity index (χ1n) is 3.67. The fourth-order valence-electron chi connectivity index (χ4n) is 1.09. The molecule has 0 amide bonds. The predicted molar refractivity (Wildman–Crippen MR) is 43.7 cm³/mol. The molecule has 0 atom stereocenters. The van der Waals surface area contributed by atoms with Crippen molar-refractivity contribution < 1.29 is 18.4 Å². The van der Waals surface area contributed by atoms with Crippen molar-refractivity contribution in [2.45, 2.75) is 6.61 Å². The summed E-state index contributed by atoms with van der Waals surface area (Å²) in [7, 11) is 1.28. The van der Waals surface area contributed by atoms with Crippen molar-refractivity contribution in [3.63, 3.8) is 0 Å². The fraction of sp³-hybridized carbons (Fsp3) is 0.250. The summed E-state index contributed by atoms with van der Waals surface area (Å²) in [5.74, 6) is -2.05. The molecule has 0 fully saturated rings. The molecule has 1 aromatic carbocycles. The first-order chi connectivity index (χ1) is 6.56. The summed E-state index contributed by atoms with van der Waals surface area (Å²) in [5, 5.41) is 10.4. The molecule has 4 nitrogen and oxygen atoms in total. The molecule has 0 saturated heterocycles. The standard InChI is InChI=1S/C8H7F2NO3/c1-14-4-5-2-6(9)3-7(10)8(5)11(12)13/h2-3H,4H2,1H3.